The first kappa shape index (κ1) is 12.0. The van der Waals surface area contributed by atoms with Crippen molar-refractivity contribution < 1.29 is 4.39 Å². The number of nitrogens with one attached hydrogen (secondary N) is 1. The number of rotatable bonds is 1. The topological polar surface area (TPSA) is 66.0 Å². The molecule has 19 heavy (non-hydrogen) atoms. The number of nitrogens with two attached hydrogens (primary N) is 1. The number of pyridine rings is 1. The molecular weight excluding hydrogens is 243 g/mol. The van der Waals surface area contributed by atoms with Crippen molar-refractivity contribution in [3.05, 3.63) is 40.8 Å². The Bertz CT molecular complexity index is 681. The lowest BCUT2D eigenvalue weighted by Crippen LogP contribution is -2.30. The number of hydrogen-bond acceptors (Lipinski definition) is 3. The van der Waals surface area contributed by atoms with Crippen LogP contribution in [0.15, 0.2) is 18.2 Å². The zero-order valence-electron chi connectivity index (χ0n) is 10.7. The molecule has 0 saturated carbocycles. The van der Waals surface area contributed by atoms with Gasteiger partial charge < -0.3 is 10.6 Å². The minimum absolute atomic E-state index is 0.0236. The van der Waals surface area contributed by atoms with Crippen LogP contribution in [0.3, 0.4) is 0 Å². The van der Waals surface area contributed by atoms with Crippen molar-refractivity contribution in [3.8, 4) is 0 Å². The van der Waals surface area contributed by atoms with Crippen LogP contribution in [0.2, 0.25) is 0 Å². The zero-order valence-corrected chi connectivity index (χ0v) is 10.7. The van der Waals surface area contributed by atoms with Gasteiger partial charge in [-0.15, -0.1) is 0 Å². The lowest BCUT2D eigenvalue weighted by molar-refractivity contribution is 0.310. The Morgan fingerprint density at radius 1 is 1.47 bits per heavy atom. The molecule has 2 aromatic rings. The summed E-state index contributed by atoms with van der Waals surface area (Å²) in [6, 6.07) is 4.45. The van der Waals surface area contributed by atoms with Crippen molar-refractivity contribution in [1.82, 2.24) is 9.88 Å². The molecule has 1 aliphatic heterocycles. The van der Waals surface area contributed by atoms with Crippen LogP contribution in [0.1, 0.15) is 16.8 Å². The predicted octanol–water partition coefficient (Wildman–Crippen LogP) is 1.65. The highest BCUT2D eigenvalue weighted by molar-refractivity contribution is 6.08. The monoisotopic (exact) mass is 258 g/mol. The molecule has 0 bridgehead atoms. The summed E-state index contributed by atoms with van der Waals surface area (Å²) in [6.45, 7) is 1.63. The van der Waals surface area contributed by atoms with Gasteiger partial charge in [-0.05, 0) is 30.8 Å². The first-order valence-electron chi connectivity index (χ1n) is 6.20. The van der Waals surface area contributed by atoms with E-state index in [1.54, 1.807) is 6.07 Å². The van der Waals surface area contributed by atoms with Crippen LogP contribution in [-0.2, 0) is 13.0 Å². The summed E-state index contributed by atoms with van der Waals surface area (Å²) in [5.74, 6) is -0.356. The van der Waals surface area contributed by atoms with Crippen molar-refractivity contribution in [2.75, 3.05) is 13.6 Å². The smallest absolute Gasteiger partial charge is 0.123 e. The van der Waals surface area contributed by atoms with Gasteiger partial charge >= 0.3 is 0 Å². The zero-order chi connectivity index (χ0) is 13.6. The van der Waals surface area contributed by atoms with E-state index in [0.29, 0.717) is 23.0 Å². The number of amidine groups is 1. The summed E-state index contributed by atoms with van der Waals surface area (Å²) < 4.78 is 13.4. The Morgan fingerprint density at radius 2 is 2.26 bits per heavy atom. The average Bonchev–Trinajstić information content (AvgIpc) is 2.35. The van der Waals surface area contributed by atoms with Gasteiger partial charge in [-0.1, -0.05) is 0 Å². The molecule has 2 heterocycles. The van der Waals surface area contributed by atoms with Crippen LogP contribution in [0.5, 0.6) is 0 Å². The second-order valence-electron chi connectivity index (χ2n) is 4.97. The van der Waals surface area contributed by atoms with Crippen molar-refractivity contribution in [2.24, 2.45) is 5.73 Å². The first-order valence-corrected chi connectivity index (χ1v) is 6.20. The van der Waals surface area contributed by atoms with Gasteiger partial charge in [-0.2, -0.15) is 0 Å². The molecule has 0 fully saturated rings. The molecule has 4 nitrogen and oxygen atoms in total. The van der Waals surface area contributed by atoms with Crippen LogP contribution in [0.4, 0.5) is 4.39 Å². The molecule has 98 valence electrons. The molecular formula is C14H15FN4. The van der Waals surface area contributed by atoms with Gasteiger partial charge in [0.15, 0.2) is 0 Å². The number of halogens is 1. The van der Waals surface area contributed by atoms with Gasteiger partial charge in [0, 0.05) is 36.2 Å². The van der Waals surface area contributed by atoms with E-state index in [2.05, 4.69) is 9.88 Å². The molecule has 1 aromatic heterocycles. The number of benzene rings is 1. The van der Waals surface area contributed by atoms with Crippen LogP contribution in [0.25, 0.3) is 10.9 Å². The van der Waals surface area contributed by atoms with Crippen molar-refractivity contribution >= 4 is 16.7 Å². The molecule has 0 atom stereocenters. The number of aromatic nitrogens is 1. The summed E-state index contributed by atoms with van der Waals surface area (Å²) in [5.41, 5.74) is 8.98. The van der Waals surface area contributed by atoms with Crippen molar-refractivity contribution in [1.29, 1.82) is 5.41 Å². The molecule has 5 heteroatoms. The third kappa shape index (κ3) is 1.96. The molecule has 0 saturated heterocycles. The molecule has 1 aromatic carbocycles. The maximum atomic E-state index is 13.4. The Kier molecular flexibility index (Phi) is 2.71. The minimum atomic E-state index is -0.332. The Labute approximate surface area is 110 Å². The number of nitrogen functional groups attached to an aromatic ring is 1. The lowest BCUT2D eigenvalue weighted by atomic mass is 9.95. The fourth-order valence-electron chi connectivity index (χ4n) is 2.66. The summed E-state index contributed by atoms with van der Waals surface area (Å²) in [5, 5.41) is 8.43. The summed E-state index contributed by atoms with van der Waals surface area (Å²) in [7, 11) is 2.02. The largest absolute Gasteiger partial charge is 0.384 e. The molecule has 0 amide bonds. The quantitative estimate of drug-likeness (QED) is 0.603. The molecule has 0 aliphatic carbocycles. The third-order valence-corrected chi connectivity index (χ3v) is 3.56. The number of hydrogen-bond donors (Lipinski definition) is 2. The predicted molar refractivity (Wildman–Crippen MR) is 72.8 cm³/mol. The van der Waals surface area contributed by atoms with Gasteiger partial charge in [0.05, 0.1) is 5.52 Å². The van der Waals surface area contributed by atoms with E-state index in [0.717, 1.165) is 24.2 Å². The van der Waals surface area contributed by atoms with E-state index in [4.69, 9.17) is 11.1 Å². The Morgan fingerprint density at radius 3 is 3.00 bits per heavy atom. The minimum Gasteiger partial charge on any atom is -0.384 e. The maximum absolute atomic E-state index is 13.4. The van der Waals surface area contributed by atoms with E-state index in [1.165, 1.54) is 12.1 Å². The van der Waals surface area contributed by atoms with E-state index in [9.17, 15) is 4.39 Å². The van der Waals surface area contributed by atoms with Crippen LogP contribution in [0, 0.1) is 11.2 Å². The number of likely N-dealkylation sites (N-methyl/N-ethyl adjacent to an activating group) is 1. The lowest BCUT2D eigenvalue weighted by Gasteiger charge is -2.27. The van der Waals surface area contributed by atoms with Gasteiger partial charge in [0.1, 0.15) is 11.7 Å². The highest BCUT2D eigenvalue weighted by Gasteiger charge is 2.22. The second kappa shape index (κ2) is 4.28. The van der Waals surface area contributed by atoms with E-state index in [1.807, 2.05) is 7.05 Å². The Hall–Kier alpha value is -2.01. The third-order valence-electron chi connectivity index (χ3n) is 3.56. The first-order chi connectivity index (χ1) is 9.06. The molecule has 3 rings (SSSR count). The fourth-order valence-corrected chi connectivity index (χ4v) is 2.66. The SMILES string of the molecule is CN1CCc2nc3ccc(F)cc3c(C(=N)N)c2C1. The van der Waals surface area contributed by atoms with E-state index in [-0.39, 0.29) is 11.7 Å². The molecule has 0 unspecified atom stereocenters. The van der Waals surface area contributed by atoms with Crippen LogP contribution >= 0.6 is 0 Å². The van der Waals surface area contributed by atoms with Gasteiger partial charge in [-0.3, -0.25) is 10.4 Å². The van der Waals surface area contributed by atoms with Gasteiger partial charge in [0.2, 0.25) is 0 Å². The Balaban J connectivity index is 2.37. The maximum Gasteiger partial charge on any atom is 0.123 e. The average molecular weight is 258 g/mol. The fraction of sp³-hybridized carbons (Fsp3) is 0.286. The summed E-state index contributed by atoms with van der Waals surface area (Å²) in [6.07, 6.45) is 0.833. The molecule has 0 radical (unpaired) electrons. The number of nitrogens with zero attached hydrogens (tertiary/aromatic N) is 2. The standard InChI is InChI=1S/C14H15FN4/c1-19-5-4-12-10(7-19)13(14(16)17)9-6-8(15)2-3-11(9)18-12/h2-3,6H,4-5,7H2,1H3,(H3,16,17). The van der Waals surface area contributed by atoms with Crippen molar-refractivity contribution in [3.63, 3.8) is 0 Å². The van der Waals surface area contributed by atoms with Crippen molar-refractivity contribution in [2.45, 2.75) is 13.0 Å². The summed E-state index contributed by atoms with van der Waals surface area (Å²) in [4.78, 5) is 6.74. The number of fused-ring (bicyclic) bond motifs is 2. The van der Waals surface area contributed by atoms with E-state index < -0.39 is 0 Å². The van der Waals surface area contributed by atoms with Crippen LogP contribution in [-0.4, -0.2) is 29.3 Å². The van der Waals surface area contributed by atoms with E-state index >= 15 is 0 Å². The summed E-state index contributed by atoms with van der Waals surface area (Å²) >= 11 is 0. The molecule has 1 aliphatic rings. The normalized spacial score (nSPS) is 15.5. The molecule has 3 N–H and O–H groups in total. The highest BCUT2D eigenvalue weighted by atomic mass is 19.1. The van der Waals surface area contributed by atoms with Crippen LogP contribution < -0.4 is 5.73 Å². The van der Waals surface area contributed by atoms with Gasteiger partial charge in [0.25, 0.3) is 0 Å². The highest BCUT2D eigenvalue weighted by Crippen LogP contribution is 2.27. The van der Waals surface area contributed by atoms with Gasteiger partial charge in [-0.25, -0.2) is 4.39 Å². The second-order valence-corrected chi connectivity index (χ2v) is 4.97. The molecule has 0 spiro atoms.